The van der Waals surface area contributed by atoms with E-state index in [0.717, 1.165) is 23.9 Å². The number of rotatable bonds is 5. The Labute approximate surface area is 135 Å². The number of halogens is 1. The lowest BCUT2D eigenvalue weighted by Gasteiger charge is -2.21. The van der Waals surface area contributed by atoms with Gasteiger partial charge in [-0.2, -0.15) is 0 Å². The first kappa shape index (κ1) is 14.7. The Morgan fingerprint density at radius 3 is 2.86 bits per heavy atom. The van der Waals surface area contributed by atoms with Gasteiger partial charge in [-0.05, 0) is 70.9 Å². The molecule has 21 heavy (non-hydrogen) atoms. The summed E-state index contributed by atoms with van der Waals surface area (Å²) >= 11 is 3.45. The second-order valence-electron chi connectivity index (χ2n) is 5.77. The van der Waals surface area contributed by atoms with Gasteiger partial charge in [0.1, 0.15) is 0 Å². The topological polar surface area (TPSA) is 24.9 Å². The zero-order chi connectivity index (χ0) is 14.7. The standard InChI is InChI=1S/C18H21BrN2/c1-2-9-20-18-14(10-13-5-3-4-6-17(13)18)11-16-8-7-15(19)12-21-16/h3-8,12,14,18,20H,2,9-11H2,1H3. The lowest BCUT2D eigenvalue weighted by molar-refractivity contribution is 0.384. The van der Waals surface area contributed by atoms with Crippen molar-refractivity contribution < 1.29 is 0 Å². The molecule has 1 aliphatic rings. The van der Waals surface area contributed by atoms with Crippen LogP contribution in [0.3, 0.4) is 0 Å². The SMILES string of the molecule is CCCNC1c2ccccc2CC1Cc1ccc(Br)cn1. The largest absolute Gasteiger partial charge is 0.310 e. The third kappa shape index (κ3) is 3.35. The second kappa shape index (κ2) is 6.71. The molecule has 1 heterocycles. The van der Waals surface area contributed by atoms with Gasteiger partial charge < -0.3 is 5.32 Å². The lowest BCUT2D eigenvalue weighted by atomic mass is 9.95. The number of hydrogen-bond donors (Lipinski definition) is 1. The molecule has 1 N–H and O–H groups in total. The monoisotopic (exact) mass is 344 g/mol. The fourth-order valence-corrected chi connectivity index (χ4v) is 3.47. The van der Waals surface area contributed by atoms with Gasteiger partial charge in [0.15, 0.2) is 0 Å². The smallest absolute Gasteiger partial charge is 0.0413 e. The van der Waals surface area contributed by atoms with Crippen molar-refractivity contribution in [3.63, 3.8) is 0 Å². The molecule has 110 valence electrons. The van der Waals surface area contributed by atoms with Gasteiger partial charge in [0, 0.05) is 22.4 Å². The van der Waals surface area contributed by atoms with Crippen molar-refractivity contribution in [2.45, 2.75) is 32.2 Å². The maximum atomic E-state index is 4.54. The Morgan fingerprint density at radius 2 is 2.10 bits per heavy atom. The van der Waals surface area contributed by atoms with Crippen LogP contribution in [0.15, 0.2) is 47.1 Å². The van der Waals surface area contributed by atoms with Crippen LogP contribution >= 0.6 is 15.9 Å². The average Bonchev–Trinajstić information content (AvgIpc) is 2.85. The first-order valence-corrected chi connectivity index (χ1v) is 8.49. The fraction of sp³-hybridized carbons (Fsp3) is 0.389. The molecule has 0 spiro atoms. The van der Waals surface area contributed by atoms with Crippen LogP contribution in [-0.4, -0.2) is 11.5 Å². The Kier molecular flexibility index (Phi) is 4.71. The summed E-state index contributed by atoms with van der Waals surface area (Å²) in [6.07, 6.45) is 5.24. The lowest BCUT2D eigenvalue weighted by Crippen LogP contribution is -2.27. The van der Waals surface area contributed by atoms with Crippen molar-refractivity contribution in [3.05, 3.63) is 63.9 Å². The predicted octanol–water partition coefficient (Wildman–Crippen LogP) is 4.30. The second-order valence-corrected chi connectivity index (χ2v) is 6.68. The third-order valence-electron chi connectivity index (χ3n) is 4.22. The minimum Gasteiger partial charge on any atom is -0.310 e. The van der Waals surface area contributed by atoms with Gasteiger partial charge >= 0.3 is 0 Å². The number of benzene rings is 1. The van der Waals surface area contributed by atoms with E-state index in [1.807, 2.05) is 6.20 Å². The molecule has 2 unspecified atom stereocenters. The summed E-state index contributed by atoms with van der Waals surface area (Å²) in [6, 6.07) is 13.5. The van der Waals surface area contributed by atoms with Gasteiger partial charge in [-0.1, -0.05) is 31.2 Å². The molecule has 0 radical (unpaired) electrons. The molecule has 0 saturated heterocycles. The van der Waals surface area contributed by atoms with Crippen molar-refractivity contribution >= 4 is 15.9 Å². The summed E-state index contributed by atoms with van der Waals surface area (Å²) in [4.78, 5) is 4.54. The van der Waals surface area contributed by atoms with E-state index in [1.54, 1.807) is 0 Å². The van der Waals surface area contributed by atoms with Gasteiger partial charge in [0.2, 0.25) is 0 Å². The summed E-state index contributed by atoms with van der Waals surface area (Å²) in [5, 5.41) is 3.73. The summed E-state index contributed by atoms with van der Waals surface area (Å²) in [5.41, 5.74) is 4.15. The molecule has 1 aliphatic carbocycles. The molecule has 3 rings (SSSR count). The van der Waals surface area contributed by atoms with Crippen LogP contribution in [-0.2, 0) is 12.8 Å². The van der Waals surface area contributed by atoms with Gasteiger partial charge in [-0.25, -0.2) is 0 Å². The Balaban J connectivity index is 1.79. The van der Waals surface area contributed by atoms with Gasteiger partial charge in [-0.15, -0.1) is 0 Å². The molecule has 3 heteroatoms. The van der Waals surface area contributed by atoms with Crippen LogP contribution in [0.5, 0.6) is 0 Å². The highest BCUT2D eigenvalue weighted by Gasteiger charge is 2.31. The quantitative estimate of drug-likeness (QED) is 0.874. The van der Waals surface area contributed by atoms with Crippen molar-refractivity contribution in [2.24, 2.45) is 5.92 Å². The first-order chi connectivity index (χ1) is 10.3. The normalized spacial score (nSPS) is 20.5. The molecule has 2 aromatic rings. The molecule has 0 saturated carbocycles. The van der Waals surface area contributed by atoms with E-state index in [2.05, 4.69) is 69.6 Å². The molecule has 1 aromatic carbocycles. The van der Waals surface area contributed by atoms with Gasteiger partial charge in [0.25, 0.3) is 0 Å². The van der Waals surface area contributed by atoms with E-state index < -0.39 is 0 Å². The molecule has 0 amide bonds. The number of pyridine rings is 1. The van der Waals surface area contributed by atoms with E-state index in [4.69, 9.17) is 0 Å². The van der Waals surface area contributed by atoms with E-state index >= 15 is 0 Å². The zero-order valence-electron chi connectivity index (χ0n) is 12.3. The Morgan fingerprint density at radius 1 is 1.24 bits per heavy atom. The van der Waals surface area contributed by atoms with Crippen LogP contribution in [0.1, 0.15) is 36.2 Å². The van der Waals surface area contributed by atoms with E-state index in [9.17, 15) is 0 Å². The minimum atomic E-state index is 0.464. The highest BCUT2D eigenvalue weighted by atomic mass is 79.9. The summed E-state index contributed by atoms with van der Waals surface area (Å²) in [6.45, 7) is 3.29. The Bertz CT molecular complexity index is 594. The molecule has 0 aliphatic heterocycles. The van der Waals surface area contributed by atoms with Gasteiger partial charge in [-0.3, -0.25) is 4.98 Å². The fourth-order valence-electron chi connectivity index (χ4n) is 3.24. The third-order valence-corrected chi connectivity index (χ3v) is 4.69. The zero-order valence-corrected chi connectivity index (χ0v) is 13.9. The molecule has 2 atom stereocenters. The van der Waals surface area contributed by atoms with Crippen molar-refractivity contribution in [3.8, 4) is 0 Å². The number of hydrogen-bond acceptors (Lipinski definition) is 2. The predicted molar refractivity (Wildman–Crippen MR) is 90.3 cm³/mol. The van der Waals surface area contributed by atoms with Crippen molar-refractivity contribution in [1.29, 1.82) is 0 Å². The van der Waals surface area contributed by atoms with E-state index in [-0.39, 0.29) is 0 Å². The maximum Gasteiger partial charge on any atom is 0.0413 e. The number of fused-ring (bicyclic) bond motifs is 1. The first-order valence-electron chi connectivity index (χ1n) is 7.69. The summed E-state index contributed by atoms with van der Waals surface area (Å²) < 4.78 is 1.04. The number of aromatic nitrogens is 1. The maximum absolute atomic E-state index is 4.54. The van der Waals surface area contributed by atoms with Crippen LogP contribution in [0, 0.1) is 5.92 Å². The van der Waals surface area contributed by atoms with Gasteiger partial charge in [0.05, 0.1) is 0 Å². The van der Waals surface area contributed by atoms with E-state index in [1.165, 1.54) is 23.2 Å². The highest BCUT2D eigenvalue weighted by Crippen LogP contribution is 2.37. The molecule has 0 fully saturated rings. The Hall–Kier alpha value is -1.19. The van der Waals surface area contributed by atoms with Crippen molar-refractivity contribution in [2.75, 3.05) is 6.54 Å². The number of nitrogens with one attached hydrogen (secondary N) is 1. The van der Waals surface area contributed by atoms with E-state index in [0.29, 0.717) is 12.0 Å². The minimum absolute atomic E-state index is 0.464. The molecular weight excluding hydrogens is 324 g/mol. The van der Waals surface area contributed by atoms with Crippen LogP contribution in [0.25, 0.3) is 0 Å². The van der Waals surface area contributed by atoms with Crippen LogP contribution in [0.4, 0.5) is 0 Å². The molecule has 1 aromatic heterocycles. The van der Waals surface area contributed by atoms with Crippen molar-refractivity contribution in [1.82, 2.24) is 10.3 Å². The number of nitrogens with zero attached hydrogens (tertiary/aromatic N) is 1. The summed E-state index contributed by atoms with van der Waals surface area (Å²) in [7, 11) is 0. The molecular formula is C18H21BrN2. The molecule has 2 nitrogen and oxygen atoms in total. The van der Waals surface area contributed by atoms with Crippen LogP contribution in [0.2, 0.25) is 0 Å². The summed E-state index contributed by atoms with van der Waals surface area (Å²) in [5.74, 6) is 0.600. The average molecular weight is 345 g/mol. The van der Waals surface area contributed by atoms with Crippen LogP contribution < -0.4 is 5.32 Å². The molecule has 0 bridgehead atoms. The highest BCUT2D eigenvalue weighted by molar-refractivity contribution is 9.10.